The van der Waals surface area contributed by atoms with Gasteiger partial charge in [-0.2, -0.15) is 0 Å². The van der Waals surface area contributed by atoms with E-state index in [0.717, 1.165) is 0 Å². The minimum atomic E-state index is -0.673. The van der Waals surface area contributed by atoms with Crippen molar-refractivity contribution in [2.24, 2.45) is 0 Å². The van der Waals surface area contributed by atoms with Crippen molar-refractivity contribution >= 4 is 0 Å². The molecule has 0 saturated carbocycles. The third-order valence-corrected chi connectivity index (χ3v) is 3.90. The second kappa shape index (κ2) is 7.84. The maximum Gasteiger partial charge on any atom is 0.330 e. The minimum absolute atomic E-state index is 0.243. The Hall–Kier alpha value is -1.52. The monoisotopic (exact) mass is 328 g/mol. The first-order valence-corrected chi connectivity index (χ1v) is 7.55. The maximum atomic E-state index is 12.0. The summed E-state index contributed by atoms with van der Waals surface area (Å²) >= 11 is 0. The Kier molecular flexibility index (Phi) is 6.08. The topological polar surface area (TPSA) is 107 Å². The van der Waals surface area contributed by atoms with E-state index in [1.807, 2.05) is 6.92 Å². The number of rotatable bonds is 7. The molecular weight excluding hydrogens is 304 g/mol. The van der Waals surface area contributed by atoms with Crippen LogP contribution in [0.25, 0.3) is 0 Å². The van der Waals surface area contributed by atoms with E-state index in [-0.39, 0.29) is 18.6 Å². The number of H-pyrrole nitrogens is 1. The van der Waals surface area contributed by atoms with Crippen LogP contribution in [0.15, 0.2) is 21.9 Å². The van der Waals surface area contributed by atoms with Crippen LogP contribution in [0.5, 0.6) is 0 Å². The molecule has 1 fully saturated rings. The summed E-state index contributed by atoms with van der Waals surface area (Å²) in [7, 11) is 5.08. The fourth-order valence-corrected chi connectivity index (χ4v) is 2.74. The largest absolute Gasteiger partial charge is 0.374 e. The van der Waals surface area contributed by atoms with Gasteiger partial charge in [-0.05, 0) is 20.5 Å². The van der Waals surface area contributed by atoms with Crippen LogP contribution in [0.4, 0.5) is 0 Å². The highest BCUT2D eigenvalue weighted by atomic mass is 16.6. The molecule has 0 aliphatic carbocycles. The molecule has 1 aromatic heterocycles. The van der Waals surface area contributed by atoms with Crippen molar-refractivity contribution in [3.8, 4) is 0 Å². The zero-order chi connectivity index (χ0) is 17.0. The van der Waals surface area contributed by atoms with Crippen LogP contribution in [-0.4, -0.2) is 55.4 Å². The van der Waals surface area contributed by atoms with Gasteiger partial charge in [-0.15, -0.1) is 0 Å². The maximum absolute atomic E-state index is 12.0. The zero-order valence-corrected chi connectivity index (χ0v) is 13.7. The summed E-state index contributed by atoms with van der Waals surface area (Å²) < 4.78 is 18.8. The Labute approximate surface area is 133 Å². The van der Waals surface area contributed by atoms with E-state index < -0.39 is 23.6 Å². The SMILES string of the molecule is CC[C@H]1O[C@@H](n2ccc(=O)[nH]c2=O)C(OC)C1OC(NC)NC. The average Bonchev–Trinajstić information content (AvgIpc) is 2.89. The first-order valence-electron chi connectivity index (χ1n) is 7.55. The normalized spacial score (nSPS) is 27.7. The van der Waals surface area contributed by atoms with Gasteiger partial charge >= 0.3 is 5.69 Å². The molecule has 9 nitrogen and oxygen atoms in total. The lowest BCUT2D eigenvalue weighted by Crippen LogP contribution is -2.48. The van der Waals surface area contributed by atoms with Crippen LogP contribution < -0.4 is 21.9 Å². The molecule has 0 spiro atoms. The zero-order valence-electron chi connectivity index (χ0n) is 13.7. The van der Waals surface area contributed by atoms with Gasteiger partial charge in [-0.1, -0.05) is 6.92 Å². The molecule has 0 aromatic carbocycles. The van der Waals surface area contributed by atoms with Gasteiger partial charge in [0.15, 0.2) is 12.6 Å². The molecule has 1 saturated heterocycles. The summed E-state index contributed by atoms with van der Waals surface area (Å²) in [5.41, 5.74) is -0.998. The van der Waals surface area contributed by atoms with Crippen molar-refractivity contribution in [2.75, 3.05) is 21.2 Å². The third-order valence-electron chi connectivity index (χ3n) is 3.90. The van der Waals surface area contributed by atoms with Gasteiger partial charge < -0.3 is 14.2 Å². The predicted molar refractivity (Wildman–Crippen MR) is 83.1 cm³/mol. The fraction of sp³-hybridized carbons (Fsp3) is 0.714. The van der Waals surface area contributed by atoms with E-state index >= 15 is 0 Å². The van der Waals surface area contributed by atoms with E-state index in [2.05, 4.69) is 15.6 Å². The second-order valence-corrected chi connectivity index (χ2v) is 5.25. The summed E-state index contributed by atoms with van der Waals surface area (Å²) in [6, 6.07) is 1.27. The van der Waals surface area contributed by atoms with E-state index in [4.69, 9.17) is 14.2 Å². The predicted octanol–water partition coefficient (Wildman–Crippen LogP) is -1.03. The molecule has 0 bridgehead atoms. The van der Waals surface area contributed by atoms with Gasteiger partial charge in [0, 0.05) is 19.4 Å². The van der Waals surface area contributed by atoms with Gasteiger partial charge in [0.25, 0.3) is 5.56 Å². The summed E-state index contributed by atoms with van der Waals surface area (Å²) in [6.07, 6.45) is -0.0608. The quantitative estimate of drug-likeness (QED) is 0.549. The standard InChI is InChI=1S/C14H24N4O5/c1-5-8-10(23-13(15-2)16-3)11(21-4)12(22-8)18-7-6-9(19)17-14(18)20/h6-8,10-13,15-16H,5H2,1-4H3,(H,17,19,20)/t8-,10?,11?,12-/m1/s1. The molecule has 0 radical (unpaired) electrons. The van der Waals surface area contributed by atoms with Crippen molar-refractivity contribution in [1.29, 1.82) is 0 Å². The average molecular weight is 328 g/mol. The number of hydrogen-bond donors (Lipinski definition) is 3. The van der Waals surface area contributed by atoms with Crippen molar-refractivity contribution in [3.05, 3.63) is 33.1 Å². The first kappa shape index (κ1) is 17.8. The number of aromatic nitrogens is 2. The number of nitrogens with zero attached hydrogens (tertiary/aromatic N) is 1. The first-order chi connectivity index (χ1) is 11.0. The molecule has 4 atom stereocenters. The molecule has 1 aliphatic rings. The summed E-state index contributed by atoms with van der Waals surface area (Å²) in [5.74, 6) is 0. The van der Waals surface area contributed by atoms with Gasteiger partial charge in [0.05, 0.1) is 6.10 Å². The number of ether oxygens (including phenoxy) is 3. The van der Waals surface area contributed by atoms with E-state index in [9.17, 15) is 9.59 Å². The molecule has 0 amide bonds. The van der Waals surface area contributed by atoms with Crippen LogP contribution in [0.3, 0.4) is 0 Å². The lowest BCUT2D eigenvalue weighted by Gasteiger charge is -2.27. The summed E-state index contributed by atoms with van der Waals surface area (Å²) in [4.78, 5) is 25.5. The van der Waals surface area contributed by atoms with Crippen molar-refractivity contribution in [2.45, 2.75) is 44.2 Å². The molecular formula is C14H24N4O5. The van der Waals surface area contributed by atoms with Crippen LogP contribution in [-0.2, 0) is 14.2 Å². The molecule has 2 unspecified atom stereocenters. The lowest BCUT2D eigenvalue weighted by atomic mass is 10.1. The Morgan fingerprint density at radius 3 is 2.57 bits per heavy atom. The minimum Gasteiger partial charge on any atom is -0.374 e. The molecule has 2 heterocycles. The molecule has 130 valence electrons. The lowest BCUT2D eigenvalue weighted by molar-refractivity contribution is -0.106. The molecule has 9 heteroatoms. The summed E-state index contributed by atoms with van der Waals surface area (Å²) in [5, 5.41) is 5.96. The van der Waals surface area contributed by atoms with E-state index in [0.29, 0.717) is 6.42 Å². The van der Waals surface area contributed by atoms with Crippen LogP contribution in [0.2, 0.25) is 0 Å². The van der Waals surface area contributed by atoms with Crippen molar-refractivity contribution in [1.82, 2.24) is 20.2 Å². The molecule has 2 rings (SSSR count). The Bertz CT molecular complexity index is 612. The van der Waals surface area contributed by atoms with Gasteiger partial charge in [0.2, 0.25) is 0 Å². The second-order valence-electron chi connectivity index (χ2n) is 5.25. The smallest absolute Gasteiger partial charge is 0.330 e. The van der Waals surface area contributed by atoms with Gasteiger partial charge in [-0.3, -0.25) is 25.0 Å². The highest BCUT2D eigenvalue weighted by Crippen LogP contribution is 2.34. The fourth-order valence-electron chi connectivity index (χ4n) is 2.74. The molecule has 1 aliphatic heterocycles. The number of methoxy groups -OCH3 is 1. The Balaban J connectivity index is 2.31. The third kappa shape index (κ3) is 3.70. The number of nitrogens with one attached hydrogen (secondary N) is 3. The molecule has 23 heavy (non-hydrogen) atoms. The van der Waals surface area contributed by atoms with Gasteiger partial charge in [-0.25, -0.2) is 4.79 Å². The molecule has 1 aromatic rings. The summed E-state index contributed by atoms with van der Waals surface area (Å²) in [6.45, 7) is 1.97. The number of aromatic amines is 1. The Morgan fingerprint density at radius 1 is 1.35 bits per heavy atom. The molecule has 3 N–H and O–H groups in total. The van der Waals surface area contributed by atoms with E-state index in [1.165, 1.54) is 16.8 Å². The van der Waals surface area contributed by atoms with Crippen molar-refractivity contribution in [3.63, 3.8) is 0 Å². The highest BCUT2D eigenvalue weighted by Gasteiger charge is 2.47. The van der Waals surface area contributed by atoms with Crippen LogP contribution >= 0.6 is 0 Å². The highest BCUT2D eigenvalue weighted by molar-refractivity contribution is 4.94. The van der Waals surface area contributed by atoms with Crippen molar-refractivity contribution < 1.29 is 14.2 Å². The Morgan fingerprint density at radius 2 is 2.04 bits per heavy atom. The number of hydrogen-bond acceptors (Lipinski definition) is 7. The van der Waals surface area contributed by atoms with Gasteiger partial charge in [0.1, 0.15) is 12.2 Å². The van der Waals surface area contributed by atoms with E-state index in [1.54, 1.807) is 21.2 Å². The van der Waals surface area contributed by atoms with Crippen LogP contribution in [0, 0.1) is 0 Å². The van der Waals surface area contributed by atoms with Crippen LogP contribution in [0.1, 0.15) is 19.6 Å².